The Morgan fingerprint density at radius 1 is 0.298 bits per heavy atom. The number of benzene rings is 9. The summed E-state index contributed by atoms with van der Waals surface area (Å²) in [5.74, 6) is 0.697. The van der Waals surface area contributed by atoms with E-state index in [1.165, 1.54) is 54.9 Å². The standard InChI is InChI=1S/C54H32N2O/c1-3-14-33(15-4-1)35-18-11-19-36(30-35)54-55-47(34-16-5-2-6-17-34)32-48(56-54)40-29-28-39(37-20-7-8-21-38(37)40)41-23-12-24-42-46-31-50-53(43-22-9-10-27-49(43)57-50)45-26-13-25-44(51(41)42)52(45)46/h1-32H. The van der Waals surface area contributed by atoms with Crippen LogP contribution in [0.3, 0.4) is 0 Å². The van der Waals surface area contributed by atoms with Gasteiger partial charge < -0.3 is 4.42 Å². The van der Waals surface area contributed by atoms with E-state index in [0.717, 1.165) is 61.1 Å². The average Bonchev–Trinajstić information content (AvgIpc) is 3.83. The second-order valence-electron chi connectivity index (χ2n) is 14.8. The van der Waals surface area contributed by atoms with Gasteiger partial charge in [-0.1, -0.05) is 170 Å². The molecular weight excluding hydrogens is 693 g/mol. The minimum absolute atomic E-state index is 0.697. The average molecular weight is 725 g/mol. The third-order valence-electron chi connectivity index (χ3n) is 11.6. The van der Waals surface area contributed by atoms with Gasteiger partial charge in [-0.3, -0.25) is 0 Å². The van der Waals surface area contributed by atoms with Crippen LogP contribution in [0.1, 0.15) is 0 Å². The van der Waals surface area contributed by atoms with Crippen LogP contribution in [0.2, 0.25) is 0 Å². The summed E-state index contributed by atoms with van der Waals surface area (Å²) in [6, 6.07) is 68.9. The van der Waals surface area contributed by atoms with Crippen molar-refractivity contribution in [2.24, 2.45) is 0 Å². The van der Waals surface area contributed by atoms with Gasteiger partial charge in [-0.15, -0.1) is 0 Å². The van der Waals surface area contributed by atoms with Gasteiger partial charge in [0, 0.05) is 27.5 Å². The zero-order valence-electron chi connectivity index (χ0n) is 30.8. The van der Waals surface area contributed by atoms with Crippen molar-refractivity contribution in [1.29, 1.82) is 0 Å². The molecule has 1 aliphatic rings. The molecule has 0 saturated carbocycles. The fourth-order valence-electron chi connectivity index (χ4n) is 9.11. The van der Waals surface area contributed by atoms with Crippen LogP contribution in [0.4, 0.5) is 0 Å². The van der Waals surface area contributed by atoms with Crippen LogP contribution in [0, 0.1) is 0 Å². The Morgan fingerprint density at radius 3 is 1.70 bits per heavy atom. The number of aromatic nitrogens is 2. The topological polar surface area (TPSA) is 38.9 Å². The van der Waals surface area contributed by atoms with Crippen LogP contribution < -0.4 is 0 Å². The molecule has 0 saturated heterocycles. The molecule has 0 spiro atoms. The Balaban J connectivity index is 1.05. The SMILES string of the molecule is c1ccc(-c2cccc(-c3nc(-c4ccccc4)cc(-c4ccc(-c5cccc6c5-c5cccc7c5c-6cc5oc6ccccc6c57)c5ccccc45)n3)c2)cc1. The number of rotatable bonds is 5. The normalized spacial score (nSPS) is 11.9. The first-order valence-electron chi connectivity index (χ1n) is 19.4. The summed E-state index contributed by atoms with van der Waals surface area (Å²) < 4.78 is 6.46. The van der Waals surface area contributed by atoms with Crippen molar-refractivity contribution in [2.45, 2.75) is 0 Å². The number of furan rings is 1. The largest absolute Gasteiger partial charge is 0.456 e. The van der Waals surface area contributed by atoms with Gasteiger partial charge in [0.1, 0.15) is 11.2 Å². The smallest absolute Gasteiger partial charge is 0.160 e. The summed E-state index contributed by atoms with van der Waals surface area (Å²) in [5, 5.41) is 7.18. The molecule has 264 valence electrons. The van der Waals surface area contributed by atoms with Crippen molar-refractivity contribution < 1.29 is 4.42 Å². The van der Waals surface area contributed by atoms with Crippen LogP contribution in [0.15, 0.2) is 199 Å². The molecule has 0 atom stereocenters. The van der Waals surface area contributed by atoms with E-state index in [1.807, 2.05) is 18.2 Å². The first kappa shape index (κ1) is 31.7. The maximum Gasteiger partial charge on any atom is 0.160 e. The zero-order chi connectivity index (χ0) is 37.5. The lowest BCUT2D eigenvalue weighted by atomic mass is 9.88. The van der Waals surface area contributed by atoms with E-state index in [9.17, 15) is 0 Å². The highest BCUT2D eigenvalue weighted by atomic mass is 16.3. The Bertz CT molecular complexity index is 3400. The van der Waals surface area contributed by atoms with Crippen molar-refractivity contribution in [2.75, 3.05) is 0 Å². The molecular formula is C54H32N2O. The zero-order valence-corrected chi connectivity index (χ0v) is 30.8. The molecule has 0 bridgehead atoms. The van der Waals surface area contributed by atoms with E-state index < -0.39 is 0 Å². The maximum absolute atomic E-state index is 6.46. The third kappa shape index (κ3) is 4.92. The molecule has 0 unspecified atom stereocenters. The molecule has 12 rings (SSSR count). The first-order valence-corrected chi connectivity index (χ1v) is 19.4. The summed E-state index contributed by atoms with van der Waals surface area (Å²) in [5.41, 5.74) is 16.4. The van der Waals surface area contributed by atoms with Crippen LogP contribution in [-0.4, -0.2) is 9.97 Å². The summed E-state index contributed by atoms with van der Waals surface area (Å²) >= 11 is 0. The first-order chi connectivity index (χ1) is 28.3. The predicted octanol–water partition coefficient (Wildman–Crippen LogP) is 14.7. The fourth-order valence-corrected chi connectivity index (χ4v) is 9.11. The van der Waals surface area contributed by atoms with Crippen LogP contribution in [0.25, 0.3) is 122 Å². The molecule has 2 heterocycles. The van der Waals surface area contributed by atoms with Gasteiger partial charge in [-0.05, 0) is 90.3 Å². The highest BCUT2D eigenvalue weighted by Gasteiger charge is 2.28. The van der Waals surface area contributed by atoms with E-state index in [2.05, 4.69) is 176 Å². The quantitative estimate of drug-likeness (QED) is 0.177. The highest BCUT2D eigenvalue weighted by molar-refractivity contribution is 6.29. The monoisotopic (exact) mass is 724 g/mol. The fraction of sp³-hybridized carbons (Fsp3) is 0. The van der Waals surface area contributed by atoms with Gasteiger partial charge >= 0.3 is 0 Å². The molecule has 3 heteroatoms. The third-order valence-corrected chi connectivity index (χ3v) is 11.6. The molecule has 0 aliphatic heterocycles. The molecule has 9 aromatic carbocycles. The molecule has 1 aliphatic carbocycles. The van der Waals surface area contributed by atoms with Crippen LogP contribution in [-0.2, 0) is 0 Å². The molecule has 0 radical (unpaired) electrons. The molecule has 11 aromatic rings. The Kier molecular flexibility index (Phi) is 6.93. The Hall–Kier alpha value is -7.62. The second kappa shape index (κ2) is 12.5. The van der Waals surface area contributed by atoms with Gasteiger partial charge in [-0.25, -0.2) is 9.97 Å². The van der Waals surface area contributed by atoms with Gasteiger partial charge in [0.25, 0.3) is 0 Å². The number of hydrogen-bond acceptors (Lipinski definition) is 3. The molecule has 0 fully saturated rings. The van der Waals surface area contributed by atoms with E-state index in [0.29, 0.717) is 5.82 Å². The van der Waals surface area contributed by atoms with E-state index in [1.54, 1.807) is 0 Å². The highest BCUT2D eigenvalue weighted by Crippen LogP contribution is 2.54. The lowest BCUT2D eigenvalue weighted by Gasteiger charge is -2.16. The van der Waals surface area contributed by atoms with Crippen molar-refractivity contribution in [3.8, 4) is 78.4 Å². The van der Waals surface area contributed by atoms with E-state index >= 15 is 0 Å². The van der Waals surface area contributed by atoms with Crippen LogP contribution >= 0.6 is 0 Å². The lowest BCUT2D eigenvalue weighted by molar-refractivity contribution is 0.669. The van der Waals surface area contributed by atoms with Gasteiger partial charge in [0.05, 0.1) is 11.4 Å². The van der Waals surface area contributed by atoms with Gasteiger partial charge in [-0.2, -0.15) is 0 Å². The number of hydrogen-bond donors (Lipinski definition) is 0. The van der Waals surface area contributed by atoms with E-state index in [-0.39, 0.29) is 0 Å². The molecule has 3 nitrogen and oxygen atoms in total. The lowest BCUT2D eigenvalue weighted by Crippen LogP contribution is -1.97. The van der Waals surface area contributed by atoms with E-state index in [4.69, 9.17) is 14.4 Å². The summed E-state index contributed by atoms with van der Waals surface area (Å²) in [6.07, 6.45) is 0. The number of nitrogens with zero attached hydrogens (tertiary/aromatic N) is 2. The van der Waals surface area contributed by atoms with Crippen molar-refractivity contribution in [3.05, 3.63) is 194 Å². The van der Waals surface area contributed by atoms with Crippen molar-refractivity contribution >= 4 is 43.5 Å². The minimum atomic E-state index is 0.697. The van der Waals surface area contributed by atoms with Gasteiger partial charge in [0.15, 0.2) is 5.82 Å². The molecule has 0 N–H and O–H groups in total. The summed E-state index contributed by atoms with van der Waals surface area (Å²) in [6.45, 7) is 0. The van der Waals surface area contributed by atoms with Crippen molar-refractivity contribution in [3.63, 3.8) is 0 Å². The molecule has 2 aromatic heterocycles. The van der Waals surface area contributed by atoms with Crippen LogP contribution in [0.5, 0.6) is 0 Å². The summed E-state index contributed by atoms with van der Waals surface area (Å²) in [4.78, 5) is 10.5. The minimum Gasteiger partial charge on any atom is -0.456 e. The predicted molar refractivity (Wildman–Crippen MR) is 236 cm³/mol. The second-order valence-corrected chi connectivity index (χ2v) is 14.8. The number of para-hydroxylation sites is 1. The maximum atomic E-state index is 6.46. The molecule has 57 heavy (non-hydrogen) atoms. The Morgan fingerprint density at radius 2 is 0.877 bits per heavy atom. The van der Waals surface area contributed by atoms with Crippen molar-refractivity contribution in [1.82, 2.24) is 9.97 Å². The Labute approximate surface area is 329 Å². The summed E-state index contributed by atoms with van der Waals surface area (Å²) in [7, 11) is 0. The van der Waals surface area contributed by atoms with Gasteiger partial charge in [0.2, 0.25) is 0 Å². The molecule has 0 amide bonds. The number of fused-ring (bicyclic) bond motifs is 8.